The van der Waals surface area contributed by atoms with Gasteiger partial charge in [0.25, 0.3) is 0 Å². The molecule has 10 nitrogen and oxygen atoms in total. The Balaban J connectivity index is 1.49. The largest absolute Gasteiger partial charge is 0.496 e. The van der Waals surface area contributed by atoms with Crippen LogP contribution < -0.4 is 14.2 Å². The lowest BCUT2D eigenvalue weighted by molar-refractivity contribution is -0.392. The first kappa shape index (κ1) is 21.9. The summed E-state index contributed by atoms with van der Waals surface area (Å²) < 4.78 is 23.1. The Morgan fingerprint density at radius 1 is 1.18 bits per heavy atom. The molecule has 1 aromatic heterocycles. The van der Waals surface area contributed by atoms with Gasteiger partial charge in [0, 0.05) is 11.6 Å². The van der Waals surface area contributed by atoms with Crippen LogP contribution in [0.4, 0.5) is 5.82 Å². The van der Waals surface area contributed by atoms with E-state index in [1.54, 1.807) is 37.5 Å². The molecule has 0 atom stereocenters. The number of nitrogens with zero attached hydrogens (tertiary/aromatic N) is 3. The highest BCUT2D eigenvalue weighted by atomic mass is 16.6. The van der Waals surface area contributed by atoms with Crippen LogP contribution >= 0.6 is 0 Å². The third-order valence-electron chi connectivity index (χ3n) is 4.94. The third kappa shape index (κ3) is 4.79. The van der Waals surface area contributed by atoms with Crippen LogP contribution in [0.3, 0.4) is 0 Å². The fraction of sp³-hybridized carbons (Fsp3) is 0.217. The normalized spacial score (nSPS) is 12.5. The lowest BCUT2D eigenvalue weighted by Crippen LogP contribution is -2.19. The quantitative estimate of drug-likeness (QED) is 0.290. The first-order valence-corrected chi connectivity index (χ1v) is 10.1. The molecular weight excluding hydrogens is 430 g/mol. The van der Waals surface area contributed by atoms with Crippen molar-refractivity contribution in [3.8, 4) is 17.2 Å². The molecule has 170 valence electrons. The predicted octanol–water partition coefficient (Wildman–Crippen LogP) is 3.60. The zero-order valence-electron chi connectivity index (χ0n) is 17.8. The second-order valence-electron chi connectivity index (χ2n) is 6.92. The monoisotopic (exact) mass is 451 g/mol. The maximum absolute atomic E-state index is 12.6. The van der Waals surface area contributed by atoms with Crippen LogP contribution in [0, 0.1) is 10.1 Å². The summed E-state index contributed by atoms with van der Waals surface area (Å²) in [7, 11) is 1.56. The molecule has 0 aliphatic carbocycles. The van der Waals surface area contributed by atoms with Gasteiger partial charge in [-0.2, -0.15) is 0 Å². The van der Waals surface area contributed by atoms with Crippen molar-refractivity contribution in [3.63, 3.8) is 0 Å². The maximum atomic E-state index is 12.6. The van der Waals surface area contributed by atoms with Gasteiger partial charge in [0.1, 0.15) is 43.9 Å². The summed E-state index contributed by atoms with van der Waals surface area (Å²) in [6.45, 7) is 0.678. The number of carbonyl (C=O) groups is 1. The summed E-state index contributed by atoms with van der Waals surface area (Å²) in [6, 6.07) is 12.3. The number of benzene rings is 2. The van der Waals surface area contributed by atoms with Crippen LogP contribution in [-0.4, -0.2) is 47.4 Å². The predicted molar refractivity (Wildman–Crippen MR) is 119 cm³/mol. The highest BCUT2D eigenvalue weighted by Gasteiger charge is 2.23. The van der Waals surface area contributed by atoms with Gasteiger partial charge >= 0.3 is 11.8 Å². The Bertz CT molecular complexity index is 1200. The standard InChI is InChI=1S/C23H21N3O7/c1-30-18-7-3-2-5-16(18)9-10-20-24-15-21(26(28)29)25(20)11-12-33-23(27)17-6-4-8-19-22(17)32-14-13-31-19/h2-10,15H,11-14H2,1H3/b10-9-. The number of hydrogen-bond donors (Lipinski definition) is 0. The summed E-state index contributed by atoms with van der Waals surface area (Å²) >= 11 is 0. The van der Waals surface area contributed by atoms with Gasteiger partial charge in [0.2, 0.25) is 5.82 Å². The van der Waals surface area contributed by atoms with E-state index in [1.807, 2.05) is 24.3 Å². The van der Waals surface area contributed by atoms with E-state index >= 15 is 0 Å². The number of carbonyl (C=O) groups excluding carboxylic acids is 1. The lowest BCUT2D eigenvalue weighted by Gasteiger charge is -2.20. The van der Waals surface area contributed by atoms with Crippen LogP contribution in [0.1, 0.15) is 21.7 Å². The van der Waals surface area contributed by atoms with Crippen molar-refractivity contribution in [3.05, 3.63) is 75.7 Å². The van der Waals surface area contributed by atoms with Crippen LogP contribution in [0.2, 0.25) is 0 Å². The van der Waals surface area contributed by atoms with Gasteiger partial charge in [-0.3, -0.25) is 0 Å². The lowest BCUT2D eigenvalue weighted by atomic mass is 10.2. The molecule has 0 amide bonds. The van der Waals surface area contributed by atoms with Crippen molar-refractivity contribution in [1.29, 1.82) is 0 Å². The minimum absolute atomic E-state index is 0.0417. The van der Waals surface area contributed by atoms with Gasteiger partial charge in [-0.15, -0.1) is 0 Å². The number of nitro groups is 1. The molecule has 0 fully saturated rings. The molecule has 2 aromatic carbocycles. The van der Waals surface area contributed by atoms with E-state index in [1.165, 1.54) is 10.8 Å². The van der Waals surface area contributed by atoms with Gasteiger partial charge in [-0.25, -0.2) is 14.3 Å². The molecule has 3 aromatic rings. The van der Waals surface area contributed by atoms with Gasteiger partial charge in [0.15, 0.2) is 11.5 Å². The molecule has 0 saturated carbocycles. The van der Waals surface area contributed by atoms with Crippen LogP contribution in [0.25, 0.3) is 12.2 Å². The molecule has 33 heavy (non-hydrogen) atoms. The van der Waals surface area contributed by atoms with Crippen molar-refractivity contribution in [1.82, 2.24) is 9.55 Å². The molecule has 0 unspecified atom stereocenters. The number of methoxy groups -OCH3 is 1. The Morgan fingerprint density at radius 2 is 2.00 bits per heavy atom. The molecule has 0 radical (unpaired) electrons. The van der Waals surface area contributed by atoms with E-state index in [0.29, 0.717) is 36.3 Å². The summed E-state index contributed by atoms with van der Waals surface area (Å²) in [5.41, 5.74) is 1.03. The molecular formula is C23H21N3O7. The van der Waals surface area contributed by atoms with Crippen molar-refractivity contribution in [2.75, 3.05) is 26.9 Å². The Hall–Kier alpha value is -4.34. The van der Waals surface area contributed by atoms with Gasteiger partial charge in [-0.05, 0) is 29.2 Å². The number of fused-ring (bicyclic) bond motifs is 1. The molecule has 4 rings (SSSR count). The number of esters is 1. The van der Waals surface area contributed by atoms with Crippen LogP contribution in [0.15, 0.2) is 48.7 Å². The van der Waals surface area contributed by atoms with Crippen molar-refractivity contribution >= 4 is 23.9 Å². The van der Waals surface area contributed by atoms with E-state index in [0.717, 1.165) is 5.56 Å². The van der Waals surface area contributed by atoms with E-state index in [2.05, 4.69) is 4.98 Å². The minimum Gasteiger partial charge on any atom is -0.496 e. The SMILES string of the molecule is COc1ccccc1/C=C\c1ncc([N+](=O)[O-])n1CCOC(=O)c1cccc2c1OCCO2. The summed E-state index contributed by atoms with van der Waals surface area (Å²) in [6.07, 6.45) is 4.56. The first-order valence-electron chi connectivity index (χ1n) is 10.1. The smallest absolute Gasteiger partial charge is 0.343 e. The van der Waals surface area contributed by atoms with Gasteiger partial charge in [-0.1, -0.05) is 24.3 Å². The maximum Gasteiger partial charge on any atom is 0.343 e. The zero-order valence-corrected chi connectivity index (χ0v) is 17.8. The molecule has 1 aliphatic heterocycles. The van der Waals surface area contributed by atoms with E-state index in [-0.39, 0.29) is 24.5 Å². The third-order valence-corrected chi connectivity index (χ3v) is 4.94. The molecule has 0 spiro atoms. The number of imidazole rings is 1. The topological polar surface area (TPSA) is 115 Å². The average Bonchev–Trinajstić information content (AvgIpc) is 3.25. The Kier molecular flexibility index (Phi) is 6.53. The van der Waals surface area contributed by atoms with Crippen molar-refractivity contribution in [2.45, 2.75) is 6.54 Å². The highest BCUT2D eigenvalue weighted by Crippen LogP contribution is 2.34. The minimum atomic E-state index is -0.605. The molecule has 0 N–H and O–H groups in total. The summed E-state index contributed by atoms with van der Waals surface area (Å²) in [5, 5.41) is 11.5. The average molecular weight is 451 g/mol. The van der Waals surface area contributed by atoms with Crippen LogP contribution in [-0.2, 0) is 11.3 Å². The van der Waals surface area contributed by atoms with Gasteiger partial charge in [0.05, 0.1) is 7.11 Å². The van der Waals surface area contributed by atoms with E-state index in [4.69, 9.17) is 18.9 Å². The second kappa shape index (κ2) is 9.86. The molecule has 10 heteroatoms. The number of hydrogen-bond acceptors (Lipinski definition) is 8. The van der Waals surface area contributed by atoms with Crippen molar-refractivity contribution < 1.29 is 28.7 Å². The number of aromatic nitrogens is 2. The Morgan fingerprint density at radius 3 is 2.82 bits per heavy atom. The first-order chi connectivity index (χ1) is 16.1. The van der Waals surface area contributed by atoms with Gasteiger partial charge < -0.3 is 29.1 Å². The van der Waals surface area contributed by atoms with E-state index < -0.39 is 10.9 Å². The second-order valence-corrected chi connectivity index (χ2v) is 6.92. The molecule has 1 aliphatic rings. The zero-order chi connectivity index (χ0) is 23.2. The van der Waals surface area contributed by atoms with Crippen LogP contribution in [0.5, 0.6) is 17.2 Å². The number of para-hydroxylation sites is 2. The summed E-state index contributed by atoms with van der Waals surface area (Å²) in [4.78, 5) is 27.6. The Labute approximate surface area is 189 Å². The fourth-order valence-corrected chi connectivity index (χ4v) is 3.40. The highest BCUT2D eigenvalue weighted by molar-refractivity contribution is 5.93. The molecule has 0 bridgehead atoms. The number of rotatable bonds is 8. The van der Waals surface area contributed by atoms with E-state index in [9.17, 15) is 14.9 Å². The fourth-order valence-electron chi connectivity index (χ4n) is 3.40. The molecule has 2 heterocycles. The van der Waals surface area contributed by atoms with Crippen molar-refractivity contribution in [2.24, 2.45) is 0 Å². The molecule has 0 saturated heterocycles. The number of ether oxygens (including phenoxy) is 4. The summed E-state index contributed by atoms with van der Waals surface area (Å²) in [5.74, 6) is 1.00.